The number of hydrogen-bond donors (Lipinski definition) is 1. The second kappa shape index (κ2) is 7.40. The number of carbonyl (C=O) groups excluding carboxylic acids is 1. The maximum Gasteiger partial charge on any atom is 0.323 e. The minimum Gasteiger partial charge on any atom is -0.480 e. The molecule has 1 aromatic heterocycles. The SMILES string of the molecule is CCn1cc(C(=O)N(CCc2ccccc2)CC(=O)O)cn1. The van der Waals surface area contributed by atoms with Gasteiger partial charge in [-0.25, -0.2) is 0 Å². The van der Waals surface area contributed by atoms with Crippen molar-refractivity contribution in [1.29, 1.82) is 0 Å². The number of amides is 1. The molecule has 0 fully saturated rings. The van der Waals surface area contributed by atoms with Crippen LogP contribution in [0.4, 0.5) is 0 Å². The molecule has 6 heteroatoms. The van der Waals surface area contributed by atoms with Crippen LogP contribution in [0.2, 0.25) is 0 Å². The first-order valence-electron chi connectivity index (χ1n) is 7.17. The summed E-state index contributed by atoms with van der Waals surface area (Å²) in [7, 11) is 0. The summed E-state index contributed by atoms with van der Waals surface area (Å²) in [6.07, 6.45) is 3.73. The predicted molar refractivity (Wildman–Crippen MR) is 81.6 cm³/mol. The molecule has 22 heavy (non-hydrogen) atoms. The fraction of sp³-hybridized carbons (Fsp3) is 0.312. The molecule has 0 unspecified atom stereocenters. The van der Waals surface area contributed by atoms with Gasteiger partial charge in [-0.3, -0.25) is 14.3 Å². The van der Waals surface area contributed by atoms with E-state index in [1.165, 1.54) is 11.1 Å². The van der Waals surface area contributed by atoms with E-state index in [4.69, 9.17) is 5.11 Å². The third-order valence-electron chi connectivity index (χ3n) is 3.33. The van der Waals surface area contributed by atoms with Gasteiger partial charge in [0.25, 0.3) is 5.91 Å². The molecule has 0 spiro atoms. The van der Waals surface area contributed by atoms with Crippen molar-refractivity contribution >= 4 is 11.9 Å². The van der Waals surface area contributed by atoms with E-state index < -0.39 is 5.97 Å². The summed E-state index contributed by atoms with van der Waals surface area (Å²) >= 11 is 0. The Hall–Kier alpha value is -2.63. The van der Waals surface area contributed by atoms with Crippen LogP contribution in [-0.2, 0) is 17.8 Å². The van der Waals surface area contributed by atoms with Gasteiger partial charge >= 0.3 is 5.97 Å². The van der Waals surface area contributed by atoms with Crippen molar-refractivity contribution in [1.82, 2.24) is 14.7 Å². The van der Waals surface area contributed by atoms with Crippen LogP contribution in [0.25, 0.3) is 0 Å². The van der Waals surface area contributed by atoms with Crippen LogP contribution in [0.1, 0.15) is 22.8 Å². The molecular weight excluding hydrogens is 282 g/mol. The van der Waals surface area contributed by atoms with Crippen LogP contribution in [0.15, 0.2) is 42.7 Å². The van der Waals surface area contributed by atoms with Gasteiger partial charge in [0, 0.05) is 19.3 Å². The van der Waals surface area contributed by atoms with Gasteiger partial charge in [0.2, 0.25) is 0 Å². The number of benzene rings is 1. The Kier molecular flexibility index (Phi) is 5.30. The number of carbonyl (C=O) groups is 2. The van der Waals surface area contributed by atoms with E-state index in [0.29, 0.717) is 25.1 Å². The van der Waals surface area contributed by atoms with Gasteiger partial charge in [0.15, 0.2) is 0 Å². The van der Waals surface area contributed by atoms with Gasteiger partial charge in [0.1, 0.15) is 6.54 Å². The molecular formula is C16H19N3O3. The molecule has 6 nitrogen and oxygen atoms in total. The number of aryl methyl sites for hydroxylation is 1. The average molecular weight is 301 g/mol. The number of aliphatic carboxylic acids is 1. The van der Waals surface area contributed by atoms with E-state index in [0.717, 1.165) is 5.56 Å². The fourth-order valence-electron chi connectivity index (χ4n) is 2.15. The standard InChI is InChI=1S/C16H19N3O3/c1-2-19-11-14(10-17-19)16(22)18(12-15(20)21)9-8-13-6-4-3-5-7-13/h3-7,10-11H,2,8-9,12H2,1H3,(H,20,21). The molecule has 0 aliphatic rings. The molecule has 1 heterocycles. The van der Waals surface area contributed by atoms with E-state index in [9.17, 15) is 9.59 Å². The summed E-state index contributed by atoms with van der Waals surface area (Å²) in [5, 5.41) is 13.1. The number of hydrogen-bond acceptors (Lipinski definition) is 3. The van der Waals surface area contributed by atoms with Gasteiger partial charge in [0.05, 0.1) is 11.8 Å². The number of carboxylic acids is 1. The third-order valence-corrected chi connectivity index (χ3v) is 3.33. The first kappa shape index (κ1) is 15.8. The smallest absolute Gasteiger partial charge is 0.323 e. The first-order chi connectivity index (χ1) is 10.6. The number of nitrogens with zero attached hydrogens (tertiary/aromatic N) is 3. The maximum absolute atomic E-state index is 12.4. The summed E-state index contributed by atoms with van der Waals surface area (Å²) in [6, 6.07) is 9.67. The van der Waals surface area contributed by atoms with Crippen molar-refractivity contribution < 1.29 is 14.7 Å². The largest absolute Gasteiger partial charge is 0.480 e. The monoisotopic (exact) mass is 301 g/mol. The summed E-state index contributed by atoms with van der Waals surface area (Å²) in [5.74, 6) is -1.33. The van der Waals surface area contributed by atoms with Crippen LogP contribution < -0.4 is 0 Å². The normalized spacial score (nSPS) is 10.4. The lowest BCUT2D eigenvalue weighted by Gasteiger charge is -2.20. The lowest BCUT2D eigenvalue weighted by molar-refractivity contribution is -0.137. The highest BCUT2D eigenvalue weighted by Gasteiger charge is 2.19. The van der Waals surface area contributed by atoms with Crippen LogP contribution in [0.5, 0.6) is 0 Å². The van der Waals surface area contributed by atoms with E-state index in [1.807, 2.05) is 37.3 Å². The Balaban J connectivity index is 2.07. The van der Waals surface area contributed by atoms with E-state index in [2.05, 4.69) is 5.10 Å². The van der Waals surface area contributed by atoms with Crippen molar-refractivity contribution in [3.63, 3.8) is 0 Å². The highest BCUT2D eigenvalue weighted by atomic mass is 16.4. The lowest BCUT2D eigenvalue weighted by atomic mass is 10.1. The molecule has 0 atom stereocenters. The van der Waals surface area contributed by atoms with Gasteiger partial charge in [-0.15, -0.1) is 0 Å². The minimum atomic E-state index is -1.02. The van der Waals surface area contributed by atoms with Gasteiger partial charge in [-0.2, -0.15) is 5.10 Å². The van der Waals surface area contributed by atoms with Crippen molar-refractivity contribution in [3.05, 3.63) is 53.9 Å². The Morgan fingerprint density at radius 3 is 2.59 bits per heavy atom. The van der Waals surface area contributed by atoms with Crippen molar-refractivity contribution in [2.24, 2.45) is 0 Å². The molecule has 0 saturated heterocycles. The fourth-order valence-corrected chi connectivity index (χ4v) is 2.15. The summed E-state index contributed by atoms with van der Waals surface area (Å²) < 4.78 is 1.64. The van der Waals surface area contributed by atoms with E-state index in [1.54, 1.807) is 10.9 Å². The zero-order valence-corrected chi connectivity index (χ0v) is 12.5. The molecule has 1 amide bonds. The van der Waals surface area contributed by atoms with E-state index >= 15 is 0 Å². The topological polar surface area (TPSA) is 75.4 Å². The zero-order valence-electron chi connectivity index (χ0n) is 12.5. The second-order valence-electron chi connectivity index (χ2n) is 4.94. The van der Waals surface area contributed by atoms with Crippen molar-refractivity contribution in [3.8, 4) is 0 Å². The summed E-state index contributed by atoms with van der Waals surface area (Å²) in [4.78, 5) is 24.8. The number of rotatable bonds is 7. The average Bonchev–Trinajstić information content (AvgIpc) is 3.00. The quantitative estimate of drug-likeness (QED) is 0.844. The molecule has 2 aromatic rings. The molecule has 0 aliphatic carbocycles. The molecule has 0 radical (unpaired) electrons. The van der Waals surface area contributed by atoms with Gasteiger partial charge in [-0.05, 0) is 18.9 Å². The molecule has 0 saturated carbocycles. The lowest BCUT2D eigenvalue weighted by Crippen LogP contribution is -2.37. The molecule has 2 rings (SSSR count). The predicted octanol–water partition coefficient (Wildman–Crippen LogP) is 1.67. The van der Waals surface area contributed by atoms with E-state index in [-0.39, 0.29) is 12.5 Å². The maximum atomic E-state index is 12.4. The zero-order chi connectivity index (χ0) is 15.9. The number of carboxylic acid groups (broad SMARTS) is 1. The third kappa shape index (κ3) is 4.18. The van der Waals surface area contributed by atoms with Gasteiger partial charge in [-0.1, -0.05) is 30.3 Å². The van der Waals surface area contributed by atoms with Crippen molar-refractivity contribution in [2.45, 2.75) is 19.9 Å². The molecule has 1 N–H and O–H groups in total. The summed E-state index contributed by atoms with van der Waals surface area (Å²) in [5.41, 5.74) is 1.48. The molecule has 116 valence electrons. The van der Waals surface area contributed by atoms with Crippen molar-refractivity contribution in [2.75, 3.05) is 13.1 Å². The summed E-state index contributed by atoms with van der Waals surface area (Å²) in [6.45, 7) is 2.62. The van der Waals surface area contributed by atoms with Gasteiger partial charge < -0.3 is 10.0 Å². The Labute approximate surface area is 129 Å². The molecule has 1 aromatic carbocycles. The Morgan fingerprint density at radius 2 is 2.00 bits per heavy atom. The molecule has 0 bridgehead atoms. The molecule has 0 aliphatic heterocycles. The highest BCUT2D eigenvalue weighted by Crippen LogP contribution is 2.07. The Morgan fingerprint density at radius 1 is 1.27 bits per heavy atom. The Bertz CT molecular complexity index is 637. The number of aromatic nitrogens is 2. The van der Waals surface area contributed by atoms with Crippen LogP contribution >= 0.6 is 0 Å². The van der Waals surface area contributed by atoms with Crippen LogP contribution in [0.3, 0.4) is 0 Å². The second-order valence-corrected chi connectivity index (χ2v) is 4.94. The first-order valence-corrected chi connectivity index (χ1v) is 7.17. The minimum absolute atomic E-state index is 0.307. The highest BCUT2D eigenvalue weighted by molar-refractivity contribution is 5.95. The van der Waals surface area contributed by atoms with Crippen LogP contribution in [0, 0.1) is 0 Å². The van der Waals surface area contributed by atoms with Crippen LogP contribution in [-0.4, -0.2) is 44.8 Å².